The average molecular weight is 170 g/mol. The molecule has 0 heterocycles. The van der Waals surface area contributed by atoms with Crippen molar-refractivity contribution in [2.75, 3.05) is 0 Å². The van der Waals surface area contributed by atoms with Crippen LogP contribution in [0, 0.1) is 0 Å². The fourth-order valence-electron chi connectivity index (χ4n) is 0.790. The van der Waals surface area contributed by atoms with Crippen LogP contribution in [-0.2, 0) is 9.53 Å². The molecule has 0 aliphatic heterocycles. The molecule has 0 amide bonds. The van der Waals surface area contributed by atoms with Gasteiger partial charge in [0, 0.05) is 5.57 Å². The molecule has 70 valence electrons. The molecule has 0 rings (SSSR count). The molecule has 0 radical (unpaired) electrons. The lowest BCUT2D eigenvalue weighted by Gasteiger charge is -2.08. The van der Waals surface area contributed by atoms with Crippen LogP contribution in [0.1, 0.15) is 40.0 Å². The smallest absolute Gasteiger partial charge is 0.333 e. The van der Waals surface area contributed by atoms with Crippen LogP contribution in [0.4, 0.5) is 0 Å². The molecule has 0 bridgehead atoms. The van der Waals surface area contributed by atoms with E-state index < -0.39 is 0 Å². The van der Waals surface area contributed by atoms with Crippen molar-refractivity contribution in [1.29, 1.82) is 0 Å². The standard InChI is InChI=1S/C10H18O2/c1-5-6-7-9(4)10(11)12-8(2)3/h8H,4-7H2,1-3H3. The zero-order valence-electron chi connectivity index (χ0n) is 8.22. The van der Waals surface area contributed by atoms with Gasteiger partial charge in [0.25, 0.3) is 0 Å². The molecular formula is C10H18O2. The van der Waals surface area contributed by atoms with E-state index in [0.29, 0.717) is 5.57 Å². The van der Waals surface area contributed by atoms with Crippen molar-refractivity contribution in [3.05, 3.63) is 12.2 Å². The summed E-state index contributed by atoms with van der Waals surface area (Å²) >= 11 is 0. The van der Waals surface area contributed by atoms with Gasteiger partial charge in [0.05, 0.1) is 6.10 Å². The second-order valence-electron chi connectivity index (χ2n) is 3.16. The highest BCUT2D eigenvalue weighted by Gasteiger charge is 2.08. The average Bonchev–Trinajstić information content (AvgIpc) is 1.98. The lowest BCUT2D eigenvalue weighted by Crippen LogP contribution is -2.12. The van der Waals surface area contributed by atoms with E-state index in [1.165, 1.54) is 0 Å². The van der Waals surface area contributed by atoms with Crippen molar-refractivity contribution in [1.82, 2.24) is 0 Å². The number of carbonyl (C=O) groups excluding carboxylic acids is 1. The van der Waals surface area contributed by atoms with E-state index >= 15 is 0 Å². The van der Waals surface area contributed by atoms with E-state index in [1.54, 1.807) is 0 Å². The van der Waals surface area contributed by atoms with Gasteiger partial charge in [-0.3, -0.25) is 0 Å². The summed E-state index contributed by atoms with van der Waals surface area (Å²) in [5.41, 5.74) is 0.588. The van der Waals surface area contributed by atoms with E-state index in [4.69, 9.17) is 4.74 Å². The van der Waals surface area contributed by atoms with Gasteiger partial charge in [-0.05, 0) is 26.7 Å². The lowest BCUT2D eigenvalue weighted by atomic mass is 10.1. The number of unbranched alkanes of at least 4 members (excludes halogenated alkanes) is 1. The molecule has 0 fully saturated rings. The fraction of sp³-hybridized carbons (Fsp3) is 0.700. The topological polar surface area (TPSA) is 26.3 Å². The maximum absolute atomic E-state index is 11.1. The summed E-state index contributed by atoms with van der Waals surface area (Å²) in [4.78, 5) is 11.1. The van der Waals surface area contributed by atoms with E-state index in [9.17, 15) is 4.79 Å². The Bertz CT molecular complexity index is 159. The van der Waals surface area contributed by atoms with Gasteiger partial charge in [0.1, 0.15) is 0 Å². The Morgan fingerprint density at radius 1 is 1.50 bits per heavy atom. The summed E-state index contributed by atoms with van der Waals surface area (Å²) in [5.74, 6) is -0.251. The van der Waals surface area contributed by atoms with Gasteiger partial charge in [-0.15, -0.1) is 0 Å². The molecule has 0 saturated heterocycles. The lowest BCUT2D eigenvalue weighted by molar-refractivity contribution is -0.142. The molecule has 2 nitrogen and oxygen atoms in total. The second-order valence-corrected chi connectivity index (χ2v) is 3.16. The van der Waals surface area contributed by atoms with E-state index in [2.05, 4.69) is 13.5 Å². The Labute approximate surface area is 74.6 Å². The number of hydrogen-bond acceptors (Lipinski definition) is 2. The van der Waals surface area contributed by atoms with Gasteiger partial charge in [-0.25, -0.2) is 4.79 Å². The normalized spacial score (nSPS) is 10.0. The van der Waals surface area contributed by atoms with Crippen LogP contribution >= 0.6 is 0 Å². The Morgan fingerprint density at radius 2 is 2.08 bits per heavy atom. The van der Waals surface area contributed by atoms with E-state index in [-0.39, 0.29) is 12.1 Å². The molecule has 0 N–H and O–H groups in total. The summed E-state index contributed by atoms with van der Waals surface area (Å²) in [6.07, 6.45) is 2.79. The van der Waals surface area contributed by atoms with Gasteiger partial charge in [0.2, 0.25) is 0 Å². The van der Waals surface area contributed by atoms with Gasteiger partial charge in [-0.2, -0.15) is 0 Å². The highest BCUT2D eigenvalue weighted by atomic mass is 16.5. The van der Waals surface area contributed by atoms with Crippen LogP contribution in [0.15, 0.2) is 12.2 Å². The SMILES string of the molecule is C=C(CCCC)C(=O)OC(C)C. The highest BCUT2D eigenvalue weighted by Crippen LogP contribution is 2.07. The number of rotatable bonds is 5. The first-order valence-electron chi connectivity index (χ1n) is 4.46. The third-order valence-corrected chi connectivity index (χ3v) is 1.46. The van der Waals surface area contributed by atoms with Crippen LogP contribution in [0.5, 0.6) is 0 Å². The Kier molecular flexibility index (Phi) is 5.43. The minimum Gasteiger partial charge on any atom is -0.460 e. The first-order chi connectivity index (χ1) is 5.57. The minimum atomic E-state index is -0.251. The quantitative estimate of drug-likeness (QED) is 0.468. The Balaban J connectivity index is 3.70. The van der Waals surface area contributed by atoms with Crippen molar-refractivity contribution >= 4 is 5.97 Å². The molecule has 0 spiro atoms. The van der Waals surface area contributed by atoms with Gasteiger partial charge >= 0.3 is 5.97 Å². The Morgan fingerprint density at radius 3 is 2.50 bits per heavy atom. The molecule has 0 aromatic heterocycles. The van der Waals surface area contributed by atoms with Crippen molar-refractivity contribution in [2.45, 2.75) is 46.1 Å². The summed E-state index contributed by atoms with van der Waals surface area (Å²) in [7, 11) is 0. The molecule has 0 unspecified atom stereocenters. The molecule has 0 saturated carbocycles. The number of ether oxygens (including phenoxy) is 1. The molecule has 0 aromatic rings. The predicted octanol–water partition coefficient (Wildman–Crippen LogP) is 2.68. The summed E-state index contributed by atoms with van der Waals surface area (Å²) < 4.78 is 4.97. The van der Waals surface area contributed by atoms with Crippen LogP contribution in [0.2, 0.25) is 0 Å². The maximum Gasteiger partial charge on any atom is 0.333 e. The number of carbonyl (C=O) groups is 1. The predicted molar refractivity (Wildman–Crippen MR) is 49.9 cm³/mol. The van der Waals surface area contributed by atoms with Crippen LogP contribution < -0.4 is 0 Å². The molecule has 0 aromatic carbocycles. The first-order valence-corrected chi connectivity index (χ1v) is 4.46. The van der Waals surface area contributed by atoms with Gasteiger partial charge in [0.15, 0.2) is 0 Å². The number of hydrogen-bond donors (Lipinski definition) is 0. The summed E-state index contributed by atoms with van der Waals surface area (Å²) in [6, 6.07) is 0. The van der Waals surface area contributed by atoms with Crippen molar-refractivity contribution < 1.29 is 9.53 Å². The monoisotopic (exact) mass is 170 g/mol. The van der Waals surface area contributed by atoms with Crippen molar-refractivity contribution in [3.8, 4) is 0 Å². The third kappa shape index (κ3) is 4.94. The van der Waals surface area contributed by atoms with Crippen molar-refractivity contribution in [2.24, 2.45) is 0 Å². The summed E-state index contributed by atoms with van der Waals surface area (Å²) in [6.45, 7) is 9.43. The maximum atomic E-state index is 11.1. The van der Waals surface area contributed by atoms with Crippen LogP contribution in [0.3, 0.4) is 0 Å². The summed E-state index contributed by atoms with van der Waals surface area (Å²) in [5, 5.41) is 0. The first kappa shape index (κ1) is 11.2. The third-order valence-electron chi connectivity index (χ3n) is 1.46. The van der Waals surface area contributed by atoms with Crippen LogP contribution in [-0.4, -0.2) is 12.1 Å². The van der Waals surface area contributed by atoms with E-state index in [0.717, 1.165) is 19.3 Å². The molecule has 0 aliphatic carbocycles. The number of esters is 1. The zero-order chi connectivity index (χ0) is 9.56. The zero-order valence-corrected chi connectivity index (χ0v) is 8.22. The minimum absolute atomic E-state index is 0.0455. The van der Waals surface area contributed by atoms with Crippen molar-refractivity contribution in [3.63, 3.8) is 0 Å². The van der Waals surface area contributed by atoms with Gasteiger partial charge < -0.3 is 4.74 Å². The largest absolute Gasteiger partial charge is 0.460 e. The second kappa shape index (κ2) is 5.81. The Hall–Kier alpha value is -0.790. The molecule has 12 heavy (non-hydrogen) atoms. The highest BCUT2D eigenvalue weighted by molar-refractivity contribution is 5.87. The van der Waals surface area contributed by atoms with E-state index in [1.807, 2.05) is 13.8 Å². The molecule has 0 atom stereocenters. The van der Waals surface area contributed by atoms with Gasteiger partial charge in [-0.1, -0.05) is 19.9 Å². The fourth-order valence-corrected chi connectivity index (χ4v) is 0.790. The molecule has 0 aliphatic rings. The molecular weight excluding hydrogens is 152 g/mol. The van der Waals surface area contributed by atoms with Crippen LogP contribution in [0.25, 0.3) is 0 Å². The molecule has 2 heteroatoms.